The first-order valence-electron chi connectivity index (χ1n) is 10.5. The molecule has 3 aromatic rings. The first-order chi connectivity index (χ1) is 15.6. The Labute approximate surface area is 188 Å². The zero-order valence-corrected chi connectivity index (χ0v) is 18.5. The number of ether oxygens (including phenoxy) is 1. The molecule has 1 fully saturated rings. The number of morpholine rings is 1. The lowest BCUT2D eigenvalue weighted by atomic mass is 10.2. The quantitative estimate of drug-likeness (QED) is 0.407. The van der Waals surface area contributed by atoms with Crippen molar-refractivity contribution in [1.82, 2.24) is 25.1 Å². The van der Waals surface area contributed by atoms with Crippen LogP contribution in [0.25, 0.3) is 11.0 Å². The summed E-state index contributed by atoms with van der Waals surface area (Å²) >= 11 is 1.59. The molecule has 3 heterocycles. The number of carbonyl (C=O) groups is 1. The number of carbonyl (C=O) groups excluding carboxylic acids is 1. The highest BCUT2D eigenvalue weighted by atomic mass is 32.2. The number of thioether (sulfide) groups is 1. The highest BCUT2D eigenvalue weighted by Gasteiger charge is 2.20. The van der Waals surface area contributed by atoms with Gasteiger partial charge in [-0.3, -0.25) is 4.79 Å². The third kappa shape index (κ3) is 4.99. The van der Waals surface area contributed by atoms with Crippen molar-refractivity contribution in [2.75, 3.05) is 43.5 Å². The molecule has 32 heavy (non-hydrogen) atoms. The number of nitrogens with one attached hydrogen (secondary N) is 1. The maximum absolute atomic E-state index is 13.8. The molecule has 1 aliphatic heterocycles. The van der Waals surface area contributed by atoms with Gasteiger partial charge in [-0.2, -0.15) is 5.10 Å². The molecule has 0 aliphatic carbocycles. The van der Waals surface area contributed by atoms with E-state index in [9.17, 15) is 13.6 Å². The molecule has 0 radical (unpaired) electrons. The predicted octanol–water partition coefficient (Wildman–Crippen LogP) is 2.87. The fourth-order valence-corrected chi connectivity index (χ4v) is 4.09. The Morgan fingerprint density at radius 1 is 1.25 bits per heavy atom. The first kappa shape index (κ1) is 22.4. The second kappa shape index (κ2) is 10.2. The van der Waals surface area contributed by atoms with Gasteiger partial charge >= 0.3 is 0 Å². The summed E-state index contributed by atoms with van der Waals surface area (Å²) in [5, 5.41) is 8.61. The number of halogens is 2. The number of hydrogen-bond acceptors (Lipinski definition) is 7. The number of anilines is 1. The molecule has 0 spiro atoms. The number of fused-ring (bicyclic) bond motifs is 1. The van der Waals surface area contributed by atoms with Crippen LogP contribution in [0.1, 0.15) is 23.7 Å². The van der Waals surface area contributed by atoms with Crippen molar-refractivity contribution in [2.24, 2.45) is 0 Å². The van der Waals surface area contributed by atoms with Gasteiger partial charge in [-0.25, -0.2) is 23.4 Å². The highest BCUT2D eigenvalue weighted by molar-refractivity contribution is 7.99. The van der Waals surface area contributed by atoms with Gasteiger partial charge in [0.05, 0.1) is 36.9 Å². The number of amides is 1. The van der Waals surface area contributed by atoms with E-state index in [1.165, 1.54) is 0 Å². The Morgan fingerprint density at radius 3 is 2.81 bits per heavy atom. The standard InChI is InChI=1S/C21H24F2N6O2S/c1-2-11-32-21-26-18(28-7-9-31-10-8-28)16-13-25-29(19(16)27-21)6-5-24-20(30)15-4-3-14(22)12-17(15)23/h3-4,12-13H,2,5-11H2,1H3,(H,24,30). The van der Waals surface area contributed by atoms with E-state index >= 15 is 0 Å². The van der Waals surface area contributed by atoms with Crippen molar-refractivity contribution < 1.29 is 18.3 Å². The van der Waals surface area contributed by atoms with Gasteiger partial charge in [0.15, 0.2) is 10.8 Å². The molecule has 1 aliphatic rings. The maximum Gasteiger partial charge on any atom is 0.254 e. The van der Waals surface area contributed by atoms with Gasteiger partial charge in [0, 0.05) is 31.5 Å². The number of hydrogen-bond donors (Lipinski definition) is 1. The minimum atomic E-state index is -0.896. The van der Waals surface area contributed by atoms with Gasteiger partial charge in [0.2, 0.25) is 0 Å². The minimum Gasteiger partial charge on any atom is -0.378 e. The Morgan fingerprint density at radius 2 is 2.06 bits per heavy atom. The van der Waals surface area contributed by atoms with Crippen molar-refractivity contribution in [3.63, 3.8) is 0 Å². The summed E-state index contributed by atoms with van der Waals surface area (Å²) in [6.45, 7) is 5.43. The lowest BCUT2D eigenvalue weighted by molar-refractivity contribution is 0.0948. The summed E-state index contributed by atoms with van der Waals surface area (Å²) < 4.78 is 34.1. The molecule has 0 bridgehead atoms. The molecule has 11 heteroatoms. The summed E-state index contributed by atoms with van der Waals surface area (Å²) in [6, 6.07) is 2.87. The molecule has 0 unspecified atom stereocenters. The van der Waals surface area contributed by atoms with Crippen molar-refractivity contribution in [3.8, 4) is 0 Å². The first-order valence-corrected chi connectivity index (χ1v) is 11.5. The summed E-state index contributed by atoms with van der Waals surface area (Å²) in [5.41, 5.74) is 0.481. The molecular formula is C21H24F2N6O2S. The second-order valence-electron chi connectivity index (χ2n) is 7.26. The smallest absolute Gasteiger partial charge is 0.254 e. The highest BCUT2D eigenvalue weighted by Crippen LogP contribution is 2.28. The van der Waals surface area contributed by atoms with Crippen LogP contribution < -0.4 is 10.2 Å². The second-order valence-corrected chi connectivity index (χ2v) is 8.32. The van der Waals surface area contributed by atoms with E-state index in [1.807, 2.05) is 0 Å². The van der Waals surface area contributed by atoms with Crippen LogP contribution in [0.2, 0.25) is 0 Å². The number of nitrogens with zero attached hydrogens (tertiary/aromatic N) is 5. The third-order valence-corrected chi connectivity index (χ3v) is 6.04. The van der Waals surface area contributed by atoms with E-state index in [1.54, 1.807) is 22.6 Å². The SMILES string of the molecule is CCCSc1nc(N2CCOCC2)c2cnn(CCNC(=O)c3ccc(F)cc3F)c2n1. The Bertz CT molecular complexity index is 1100. The number of rotatable bonds is 8. The number of benzene rings is 1. The van der Waals surface area contributed by atoms with E-state index < -0.39 is 17.5 Å². The van der Waals surface area contributed by atoms with Gasteiger partial charge in [-0.15, -0.1) is 0 Å². The van der Waals surface area contributed by atoms with Crippen LogP contribution in [0.5, 0.6) is 0 Å². The summed E-state index contributed by atoms with van der Waals surface area (Å²) in [6.07, 6.45) is 2.74. The van der Waals surface area contributed by atoms with Crippen LogP contribution >= 0.6 is 11.8 Å². The number of aromatic nitrogens is 4. The van der Waals surface area contributed by atoms with Crippen molar-refractivity contribution in [3.05, 3.63) is 41.6 Å². The van der Waals surface area contributed by atoms with Gasteiger partial charge < -0.3 is 15.0 Å². The third-order valence-electron chi connectivity index (χ3n) is 4.99. The van der Waals surface area contributed by atoms with Gasteiger partial charge in [0.1, 0.15) is 17.5 Å². The van der Waals surface area contributed by atoms with Gasteiger partial charge in [-0.1, -0.05) is 18.7 Å². The molecule has 170 valence electrons. The molecule has 1 saturated heterocycles. The molecule has 0 atom stereocenters. The fraction of sp³-hybridized carbons (Fsp3) is 0.429. The zero-order valence-electron chi connectivity index (χ0n) is 17.7. The Balaban J connectivity index is 1.52. The molecular weight excluding hydrogens is 438 g/mol. The topological polar surface area (TPSA) is 85.2 Å². The Kier molecular flexibility index (Phi) is 7.15. The average Bonchev–Trinajstić information content (AvgIpc) is 3.20. The van der Waals surface area contributed by atoms with Crippen LogP contribution in [0, 0.1) is 11.6 Å². The molecule has 1 N–H and O–H groups in total. The lowest BCUT2D eigenvalue weighted by Crippen LogP contribution is -2.37. The van der Waals surface area contributed by atoms with E-state index in [2.05, 4.69) is 27.2 Å². The van der Waals surface area contributed by atoms with Crippen LogP contribution in [-0.2, 0) is 11.3 Å². The van der Waals surface area contributed by atoms with E-state index in [-0.39, 0.29) is 12.1 Å². The van der Waals surface area contributed by atoms with Crippen LogP contribution in [0.3, 0.4) is 0 Å². The van der Waals surface area contributed by atoms with Crippen molar-refractivity contribution in [1.29, 1.82) is 0 Å². The molecule has 1 amide bonds. The summed E-state index contributed by atoms with van der Waals surface area (Å²) in [5.74, 6) is -0.494. The summed E-state index contributed by atoms with van der Waals surface area (Å²) in [7, 11) is 0. The van der Waals surface area contributed by atoms with E-state index in [4.69, 9.17) is 9.72 Å². The van der Waals surface area contributed by atoms with E-state index in [0.29, 0.717) is 36.6 Å². The zero-order chi connectivity index (χ0) is 22.5. The minimum absolute atomic E-state index is 0.202. The fourth-order valence-electron chi connectivity index (χ4n) is 3.40. The molecule has 8 nitrogen and oxygen atoms in total. The van der Waals surface area contributed by atoms with E-state index in [0.717, 1.165) is 48.6 Å². The van der Waals surface area contributed by atoms with Gasteiger partial charge in [0.25, 0.3) is 5.91 Å². The molecule has 2 aromatic heterocycles. The van der Waals surface area contributed by atoms with Crippen LogP contribution in [0.15, 0.2) is 29.6 Å². The monoisotopic (exact) mass is 462 g/mol. The van der Waals surface area contributed by atoms with Crippen LogP contribution in [0.4, 0.5) is 14.6 Å². The average molecular weight is 463 g/mol. The maximum atomic E-state index is 13.8. The van der Waals surface area contributed by atoms with Crippen molar-refractivity contribution >= 4 is 34.5 Å². The largest absolute Gasteiger partial charge is 0.378 e. The normalized spacial score (nSPS) is 14.2. The Hall–Kier alpha value is -2.79. The predicted molar refractivity (Wildman–Crippen MR) is 118 cm³/mol. The summed E-state index contributed by atoms with van der Waals surface area (Å²) in [4.78, 5) is 23.9. The molecule has 0 saturated carbocycles. The molecule has 4 rings (SSSR count). The van der Waals surface area contributed by atoms with Crippen molar-refractivity contribution in [2.45, 2.75) is 25.0 Å². The molecule has 1 aromatic carbocycles. The lowest BCUT2D eigenvalue weighted by Gasteiger charge is -2.28. The van der Waals surface area contributed by atoms with Crippen LogP contribution in [-0.4, -0.2) is 64.3 Å². The van der Waals surface area contributed by atoms with Gasteiger partial charge in [-0.05, 0) is 18.6 Å².